The molecule has 0 spiro atoms. The van der Waals surface area contributed by atoms with Crippen molar-refractivity contribution in [1.82, 2.24) is 4.90 Å². The van der Waals surface area contributed by atoms with Crippen LogP contribution in [0.3, 0.4) is 0 Å². The zero-order valence-electron chi connectivity index (χ0n) is 11.5. The van der Waals surface area contributed by atoms with Gasteiger partial charge in [0.1, 0.15) is 17.7 Å². The molecule has 3 nitrogen and oxygen atoms in total. The molecule has 5 heteroatoms. The highest BCUT2D eigenvalue weighted by Crippen LogP contribution is 2.21. The fourth-order valence-corrected chi connectivity index (χ4v) is 3.11. The van der Waals surface area contributed by atoms with Crippen LogP contribution in [0.4, 0.5) is 4.39 Å². The van der Waals surface area contributed by atoms with Crippen molar-refractivity contribution in [1.29, 1.82) is 0 Å². The molecule has 1 aliphatic heterocycles. The number of rotatable bonds is 3. The van der Waals surface area contributed by atoms with E-state index in [1.807, 2.05) is 21.7 Å². The number of piperidine rings is 1. The maximum atomic E-state index is 13.1. The highest BCUT2D eigenvalue weighted by molar-refractivity contribution is 7.08. The van der Waals surface area contributed by atoms with Gasteiger partial charge in [-0.05, 0) is 23.6 Å². The van der Waals surface area contributed by atoms with E-state index in [-0.39, 0.29) is 17.8 Å². The lowest BCUT2D eigenvalue weighted by molar-refractivity contribution is 0.0595. The number of amides is 1. The number of hydrogen-bond donors (Lipinski definition) is 0. The van der Waals surface area contributed by atoms with Crippen LogP contribution in [-0.4, -0.2) is 30.0 Å². The van der Waals surface area contributed by atoms with Crippen LogP contribution in [0.1, 0.15) is 23.2 Å². The van der Waals surface area contributed by atoms with Gasteiger partial charge in [-0.1, -0.05) is 6.07 Å². The lowest BCUT2D eigenvalue weighted by Crippen LogP contribution is -2.41. The van der Waals surface area contributed by atoms with E-state index in [1.54, 1.807) is 12.1 Å². The highest BCUT2D eigenvalue weighted by atomic mass is 32.1. The molecule has 1 aromatic carbocycles. The summed E-state index contributed by atoms with van der Waals surface area (Å²) in [4.78, 5) is 14.1. The molecule has 1 aromatic heterocycles. The van der Waals surface area contributed by atoms with Gasteiger partial charge in [0.15, 0.2) is 0 Å². The zero-order valence-corrected chi connectivity index (χ0v) is 12.3. The SMILES string of the molecule is O=C(c1ccsc1)N1CCC(Oc2cccc(F)c2)CC1. The Balaban J connectivity index is 1.54. The Kier molecular flexibility index (Phi) is 4.20. The maximum absolute atomic E-state index is 13.1. The minimum Gasteiger partial charge on any atom is -0.490 e. The summed E-state index contributed by atoms with van der Waals surface area (Å²) in [5.74, 6) is 0.343. The van der Waals surface area contributed by atoms with Crippen molar-refractivity contribution in [3.63, 3.8) is 0 Å². The number of nitrogens with zero attached hydrogens (tertiary/aromatic N) is 1. The minimum absolute atomic E-state index is 0.0401. The van der Waals surface area contributed by atoms with Crippen molar-refractivity contribution in [3.05, 3.63) is 52.5 Å². The number of hydrogen-bond acceptors (Lipinski definition) is 3. The van der Waals surface area contributed by atoms with E-state index in [9.17, 15) is 9.18 Å². The zero-order chi connectivity index (χ0) is 14.7. The Bertz CT molecular complexity index is 606. The first-order chi connectivity index (χ1) is 10.2. The number of thiophene rings is 1. The lowest BCUT2D eigenvalue weighted by atomic mass is 10.1. The summed E-state index contributed by atoms with van der Waals surface area (Å²) in [6.45, 7) is 1.35. The van der Waals surface area contributed by atoms with Crippen molar-refractivity contribution < 1.29 is 13.9 Å². The van der Waals surface area contributed by atoms with E-state index in [0.717, 1.165) is 18.4 Å². The van der Waals surface area contributed by atoms with Crippen LogP contribution in [0.5, 0.6) is 5.75 Å². The van der Waals surface area contributed by atoms with E-state index < -0.39 is 0 Å². The van der Waals surface area contributed by atoms with Crippen molar-refractivity contribution >= 4 is 17.2 Å². The van der Waals surface area contributed by atoms with Crippen LogP contribution in [0.25, 0.3) is 0 Å². The molecule has 1 amide bonds. The predicted molar refractivity (Wildman–Crippen MR) is 80.3 cm³/mol. The average molecular weight is 305 g/mol. The molecule has 0 unspecified atom stereocenters. The molecule has 110 valence electrons. The summed E-state index contributed by atoms with van der Waals surface area (Å²) in [5, 5.41) is 3.78. The van der Waals surface area contributed by atoms with E-state index in [0.29, 0.717) is 18.8 Å². The molecular formula is C16H16FNO2S. The first-order valence-electron chi connectivity index (χ1n) is 6.96. The summed E-state index contributed by atoms with van der Waals surface area (Å²) in [6.07, 6.45) is 1.58. The minimum atomic E-state index is -0.294. The third-order valence-corrected chi connectivity index (χ3v) is 4.28. The van der Waals surface area contributed by atoms with Crippen molar-refractivity contribution in [2.24, 2.45) is 0 Å². The number of halogens is 1. The van der Waals surface area contributed by atoms with Crippen LogP contribution in [0, 0.1) is 5.82 Å². The van der Waals surface area contributed by atoms with Crippen molar-refractivity contribution in [2.75, 3.05) is 13.1 Å². The van der Waals surface area contributed by atoms with Crippen molar-refractivity contribution in [2.45, 2.75) is 18.9 Å². The topological polar surface area (TPSA) is 29.5 Å². The number of carbonyl (C=O) groups is 1. The molecule has 2 aromatic rings. The summed E-state index contributed by atoms with van der Waals surface area (Å²) in [6, 6.07) is 8.03. The molecule has 0 bridgehead atoms. The number of carbonyl (C=O) groups excluding carboxylic acids is 1. The molecule has 2 heterocycles. The molecule has 0 aliphatic carbocycles. The van der Waals surface area contributed by atoms with Gasteiger partial charge in [-0.25, -0.2) is 4.39 Å². The Morgan fingerprint density at radius 1 is 1.29 bits per heavy atom. The third-order valence-electron chi connectivity index (χ3n) is 3.60. The first-order valence-corrected chi connectivity index (χ1v) is 7.90. The molecule has 0 radical (unpaired) electrons. The first kappa shape index (κ1) is 14.1. The van der Waals surface area contributed by atoms with Crippen LogP contribution in [0.2, 0.25) is 0 Å². The van der Waals surface area contributed by atoms with Gasteiger partial charge >= 0.3 is 0 Å². The Labute approximate surface area is 127 Å². The predicted octanol–water partition coefficient (Wildman–Crippen LogP) is 3.57. The van der Waals surface area contributed by atoms with Gasteiger partial charge in [-0.3, -0.25) is 4.79 Å². The second-order valence-corrected chi connectivity index (χ2v) is 5.86. The number of ether oxygens (including phenoxy) is 1. The molecule has 1 fully saturated rings. The van der Waals surface area contributed by atoms with Gasteiger partial charge in [0, 0.05) is 37.4 Å². The van der Waals surface area contributed by atoms with Crippen LogP contribution < -0.4 is 4.74 Å². The molecule has 1 aliphatic rings. The summed E-state index contributed by atoms with van der Waals surface area (Å²) >= 11 is 1.53. The van der Waals surface area contributed by atoms with Gasteiger partial charge in [-0.2, -0.15) is 11.3 Å². The van der Waals surface area contributed by atoms with E-state index in [4.69, 9.17) is 4.74 Å². The summed E-state index contributed by atoms with van der Waals surface area (Å²) < 4.78 is 18.9. The van der Waals surface area contributed by atoms with Crippen LogP contribution >= 0.6 is 11.3 Å². The quantitative estimate of drug-likeness (QED) is 0.867. The maximum Gasteiger partial charge on any atom is 0.254 e. The molecule has 1 saturated heterocycles. The number of likely N-dealkylation sites (tertiary alicyclic amines) is 1. The van der Waals surface area contributed by atoms with Gasteiger partial charge in [-0.15, -0.1) is 0 Å². The molecule has 0 N–H and O–H groups in total. The van der Waals surface area contributed by atoms with Crippen LogP contribution in [0.15, 0.2) is 41.1 Å². The third kappa shape index (κ3) is 3.42. The van der Waals surface area contributed by atoms with E-state index in [1.165, 1.54) is 23.5 Å². The van der Waals surface area contributed by atoms with Gasteiger partial charge in [0.25, 0.3) is 5.91 Å². The molecule has 3 rings (SSSR count). The Morgan fingerprint density at radius 3 is 2.76 bits per heavy atom. The fourth-order valence-electron chi connectivity index (χ4n) is 2.48. The van der Waals surface area contributed by atoms with E-state index in [2.05, 4.69) is 0 Å². The summed E-state index contributed by atoms with van der Waals surface area (Å²) in [7, 11) is 0. The second kappa shape index (κ2) is 6.26. The van der Waals surface area contributed by atoms with Crippen molar-refractivity contribution in [3.8, 4) is 5.75 Å². The highest BCUT2D eigenvalue weighted by Gasteiger charge is 2.24. The van der Waals surface area contributed by atoms with Crippen LogP contribution in [-0.2, 0) is 0 Å². The fraction of sp³-hybridized carbons (Fsp3) is 0.312. The Hall–Kier alpha value is -1.88. The van der Waals surface area contributed by atoms with Gasteiger partial charge < -0.3 is 9.64 Å². The van der Waals surface area contributed by atoms with Gasteiger partial charge in [0.05, 0.1) is 5.56 Å². The Morgan fingerprint density at radius 2 is 2.10 bits per heavy atom. The normalized spacial score (nSPS) is 16.0. The smallest absolute Gasteiger partial charge is 0.254 e. The second-order valence-electron chi connectivity index (χ2n) is 5.08. The standard InChI is InChI=1S/C16H16FNO2S/c17-13-2-1-3-15(10-13)20-14-4-7-18(8-5-14)16(19)12-6-9-21-11-12/h1-3,6,9-11,14H,4-5,7-8H2. The monoisotopic (exact) mass is 305 g/mol. The summed E-state index contributed by atoms with van der Waals surface area (Å²) in [5.41, 5.74) is 0.754. The average Bonchev–Trinajstić information content (AvgIpc) is 3.01. The number of benzene rings is 1. The molecule has 0 atom stereocenters. The molecule has 0 saturated carbocycles. The lowest BCUT2D eigenvalue weighted by Gasteiger charge is -2.32. The van der Waals surface area contributed by atoms with E-state index >= 15 is 0 Å². The van der Waals surface area contributed by atoms with Gasteiger partial charge in [0.2, 0.25) is 0 Å². The molecular weight excluding hydrogens is 289 g/mol. The largest absolute Gasteiger partial charge is 0.490 e. The molecule has 21 heavy (non-hydrogen) atoms.